The average Bonchev–Trinajstić information content (AvgIpc) is 2.15. The first-order valence-corrected chi connectivity index (χ1v) is 4.04. The van der Waals surface area contributed by atoms with Gasteiger partial charge >= 0.3 is 0 Å². The summed E-state index contributed by atoms with van der Waals surface area (Å²) in [4.78, 5) is 10.3. The standard InChI is InChI=1S/C10H10F2O/c11-10(12)6-5-8-1-3-9(7-13)4-2-8/h1-4,7,10H,5-6H2. The molecule has 0 N–H and O–H groups in total. The van der Waals surface area contributed by atoms with E-state index in [9.17, 15) is 13.6 Å². The van der Waals surface area contributed by atoms with Crippen molar-refractivity contribution in [3.63, 3.8) is 0 Å². The van der Waals surface area contributed by atoms with Crippen LogP contribution < -0.4 is 0 Å². The van der Waals surface area contributed by atoms with E-state index >= 15 is 0 Å². The molecule has 0 saturated heterocycles. The van der Waals surface area contributed by atoms with Crippen molar-refractivity contribution in [2.24, 2.45) is 0 Å². The van der Waals surface area contributed by atoms with Crippen LogP contribution in [0.4, 0.5) is 8.78 Å². The number of halogens is 2. The number of benzene rings is 1. The highest BCUT2D eigenvalue weighted by Gasteiger charge is 2.02. The zero-order valence-electron chi connectivity index (χ0n) is 7.04. The van der Waals surface area contributed by atoms with Crippen LogP contribution in [0.5, 0.6) is 0 Å². The van der Waals surface area contributed by atoms with Crippen molar-refractivity contribution in [1.82, 2.24) is 0 Å². The maximum absolute atomic E-state index is 11.8. The summed E-state index contributed by atoms with van der Waals surface area (Å²) in [5.74, 6) is 0. The van der Waals surface area contributed by atoms with Gasteiger partial charge in [-0.2, -0.15) is 0 Å². The van der Waals surface area contributed by atoms with Crippen LogP contribution in [-0.4, -0.2) is 12.7 Å². The Labute approximate surface area is 75.4 Å². The molecular formula is C10H10F2O. The smallest absolute Gasteiger partial charge is 0.239 e. The van der Waals surface area contributed by atoms with Gasteiger partial charge in [0.2, 0.25) is 6.43 Å². The molecule has 0 aromatic heterocycles. The largest absolute Gasteiger partial charge is 0.298 e. The molecular weight excluding hydrogens is 174 g/mol. The van der Waals surface area contributed by atoms with Crippen molar-refractivity contribution in [3.8, 4) is 0 Å². The van der Waals surface area contributed by atoms with Gasteiger partial charge in [0.25, 0.3) is 0 Å². The average molecular weight is 184 g/mol. The quantitative estimate of drug-likeness (QED) is 0.657. The summed E-state index contributed by atoms with van der Waals surface area (Å²) in [5, 5.41) is 0. The van der Waals surface area contributed by atoms with E-state index in [1.54, 1.807) is 24.3 Å². The molecule has 0 bridgehead atoms. The fourth-order valence-corrected chi connectivity index (χ4v) is 1.04. The van der Waals surface area contributed by atoms with E-state index in [2.05, 4.69) is 0 Å². The van der Waals surface area contributed by atoms with Crippen LogP contribution in [0.2, 0.25) is 0 Å². The van der Waals surface area contributed by atoms with Gasteiger partial charge in [0, 0.05) is 12.0 Å². The number of alkyl halides is 2. The minimum absolute atomic E-state index is 0.125. The van der Waals surface area contributed by atoms with Gasteiger partial charge < -0.3 is 0 Å². The highest BCUT2D eigenvalue weighted by Crippen LogP contribution is 2.09. The Balaban J connectivity index is 2.54. The molecule has 0 aliphatic carbocycles. The van der Waals surface area contributed by atoms with E-state index in [1.165, 1.54) is 0 Å². The molecule has 0 aliphatic heterocycles. The summed E-state index contributed by atoms with van der Waals surface area (Å²) in [6.07, 6.45) is -1.29. The fourth-order valence-electron chi connectivity index (χ4n) is 1.04. The van der Waals surface area contributed by atoms with E-state index in [-0.39, 0.29) is 6.42 Å². The number of carbonyl (C=O) groups excluding carboxylic acids is 1. The van der Waals surface area contributed by atoms with Gasteiger partial charge in [-0.1, -0.05) is 24.3 Å². The Morgan fingerprint density at radius 2 is 1.85 bits per heavy atom. The molecule has 0 atom stereocenters. The molecule has 13 heavy (non-hydrogen) atoms. The summed E-state index contributed by atoms with van der Waals surface area (Å²) >= 11 is 0. The van der Waals surface area contributed by atoms with E-state index in [0.717, 1.165) is 11.8 Å². The number of carbonyl (C=O) groups is 1. The van der Waals surface area contributed by atoms with Crippen molar-refractivity contribution in [1.29, 1.82) is 0 Å². The number of hydrogen-bond donors (Lipinski definition) is 0. The van der Waals surface area contributed by atoms with Crippen molar-refractivity contribution in [2.45, 2.75) is 19.3 Å². The Kier molecular flexibility index (Phi) is 3.55. The third-order valence-electron chi connectivity index (χ3n) is 1.77. The third kappa shape index (κ3) is 3.32. The van der Waals surface area contributed by atoms with Gasteiger partial charge in [0.15, 0.2) is 0 Å². The minimum atomic E-state index is -2.26. The van der Waals surface area contributed by atoms with Gasteiger partial charge in [-0.05, 0) is 12.0 Å². The summed E-state index contributed by atoms with van der Waals surface area (Å²) in [6, 6.07) is 6.67. The minimum Gasteiger partial charge on any atom is -0.298 e. The number of rotatable bonds is 4. The first-order chi connectivity index (χ1) is 6.22. The lowest BCUT2D eigenvalue weighted by Crippen LogP contribution is -1.94. The number of hydrogen-bond acceptors (Lipinski definition) is 1. The SMILES string of the molecule is O=Cc1ccc(CCC(F)F)cc1. The zero-order chi connectivity index (χ0) is 9.68. The van der Waals surface area contributed by atoms with Crippen molar-refractivity contribution >= 4 is 6.29 Å². The van der Waals surface area contributed by atoms with Gasteiger partial charge in [0.05, 0.1) is 0 Å². The molecule has 1 aromatic carbocycles. The summed E-state index contributed by atoms with van der Waals surface area (Å²) in [5.41, 5.74) is 1.41. The second-order valence-electron chi connectivity index (χ2n) is 2.79. The van der Waals surface area contributed by atoms with Crippen molar-refractivity contribution < 1.29 is 13.6 Å². The highest BCUT2D eigenvalue weighted by atomic mass is 19.3. The second-order valence-corrected chi connectivity index (χ2v) is 2.79. The van der Waals surface area contributed by atoms with Gasteiger partial charge in [-0.25, -0.2) is 8.78 Å². The van der Waals surface area contributed by atoms with Crippen LogP contribution in [0.1, 0.15) is 22.3 Å². The second kappa shape index (κ2) is 4.70. The molecule has 3 heteroatoms. The molecule has 0 spiro atoms. The molecule has 1 rings (SSSR count). The molecule has 0 radical (unpaired) electrons. The summed E-state index contributed by atoms with van der Waals surface area (Å²) in [7, 11) is 0. The predicted octanol–water partition coefficient (Wildman–Crippen LogP) is 2.70. The highest BCUT2D eigenvalue weighted by molar-refractivity contribution is 5.74. The predicted molar refractivity (Wildman–Crippen MR) is 46.2 cm³/mol. The molecule has 0 amide bonds. The Hall–Kier alpha value is -1.25. The van der Waals surface area contributed by atoms with Gasteiger partial charge in [-0.15, -0.1) is 0 Å². The monoisotopic (exact) mass is 184 g/mol. The van der Waals surface area contributed by atoms with Crippen LogP contribution in [0.25, 0.3) is 0 Å². The van der Waals surface area contributed by atoms with Gasteiger partial charge in [0.1, 0.15) is 6.29 Å². The Morgan fingerprint density at radius 1 is 1.23 bits per heavy atom. The zero-order valence-corrected chi connectivity index (χ0v) is 7.04. The lowest BCUT2D eigenvalue weighted by molar-refractivity contribution is 0.112. The number of aryl methyl sites for hydroxylation is 1. The molecule has 0 heterocycles. The maximum Gasteiger partial charge on any atom is 0.239 e. The van der Waals surface area contributed by atoms with Crippen LogP contribution >= 0.6 is 0 Å². The van der Waals surface area contributed by atoms with Crippen molar-refractivity contribution in [3.05, 3.63) is 35.4 Å². The van der Waals surface area contributed by atoms with E-state index < -0.39 is 6.43 Å². The van der Waals surface area contributed by atoms with Crippen LogP contribution in [0.3, 0.4) is 0 Å². The number of aldehydes is 1. The Morgan fingerprint density at radius 3 is 2.31 bits per heavy atom. The lowest BCUT2D eigenvalue weighted by atomic mass is 10.1. The van der Waals surface area contributed by atoms with E-state index in [1.807, 2.05) is 0 Å². The van der Waals surface area contributed by atoms with Crippen LogP contribution in [0, 0.1) is 0 Å². The molecule has 0 fully saturated rings. The van der Waals surface area contributed by atoms with Crippen LogP contribution in [0.15, 0.2) is 24.3 Å². The molecule has 0 aliphatic rings. The molecule has 70 valence electrons. The van der Waals surface area contributed by atoms with E-state index in [0.29, 0.717) is 12.0 Å². The fraction of sp³-hybridized carbons (Fsp3) is 0.300. The van der Waals surface area contributed by atoms with E-state index in [4.69, 9.17) is 0 Å². The molecule has 0 saturated carbocycles. The first kappa shape index (κ1) is 9.84. The van der Waals surface area contributed by atoms with Crippen LogP contribution in [-0.2, 0) is 6.42 Å². The lowest BCUT2D eigenvalue weighted by Gasteiger charge is -2.00. The van der Waals surface area contributed by atoms with Gasteiger partial charge in [-0.3, -0.25) is 4.79 Å². The molecule has 0 unspecified atom stereocenters. The third-order valence-corrected chi connectivity index (χ3v) is 1.77. The Bertz CT molecular complexity index is 267. The molecule has 1 aromatic rings. The normalized spacial score (nSPS) is 10.4. The summed E-state index contributed by atoms with van der Waals surface area (Å²) < 4.78 is 23.6. The first-order valence-electron chi connectivity index (χ1n) is 4.04. The maximum atomic E-state index is 11.8. The topological polar surface area (TPSA) is 17.1 Å². The summed E-state index contributed by atoms with van der Waals surface area (Å²) in [6.45, 7) is 0. The molecule has 1 nitrogen and oxygen atoms in total. The van der Waals surface area contributed by atoms with Crippen molar-refractivity contribution in [2.75, 3.05) is 0 Å².